The van der Waals surface area contributed by atoms with Crippen LogP contribution >= 0.6 is 0 Å². The molecule has 162 valence electrons. The monoisotopic (exact) mass is 431 g/mol. The zero-order chi connectivity index (χ0) is 22.2. The Balaban J connectivity index is 1.41. The fraction of sp³-hybridized carbons (Fsp3) is 0.333. The van der Waals surface area contributed by atoms with Crippen LogP contribution in [0.2, 0.25) is 0 Å². The third kappa shape index (κ3) is 4.52. The van der Waals surface area contributed by atoms with Crippen LogP contribution in [-0.2, 0) is 6.18 Å². The fourth-order valence-electron chi connectivity index (χ4n) is 3.32. The molecule has 1 fully saturated rings. The number of pyridine rings is 2. The van der Waals surface area contributed by atoms with E-state index in [0.29, 0.717) is 42.2 Å². The Morgan fingerprint density at radius 2 is 1.94 bits per heavy atom. The van der Waals surface area contributed by atoms with Gasteiger partial charge in [0.15, 0.2) is 0 Å². The average Bonchev–Trinajstić information content (AvgIpc) is 3.20. The number of halogens is 3. The number of H-pyrrole nitrogens is 1. The highest BCUT2D eigenvalue weighted by Gasteiger charge is 2.31. The molecule has 3 aromatic rings. The quantitative estimate of drug-likeness (QED) is 0.681. The van der Waals surface area contributed by atoms with Crippen LogP contribution in [0.5, 0.6) is 5.88 Å². The lowest BCUT2D eigenvalue weighted by atomic mass is 10.2. The maximum atomic E-state index is 12.6. The minimum Gasteiger partial charge on any atom is -0.472 e. The van der Waals surface area contributed by atoms with E-state index in [1.807, 2.05) is 17.0 Å². The lowest BCUT2D eigenvalue weighted by molar-refractivity contribution is -0.137. The summed E-state index contributed by atoms with van der Waals surface area (Å²) >= 11 is 0. The van der Waals surface area contributed by atoms with E-state index in [0.717, 1.165) is 18.1 Å². The van der Waals surface area contributed by atoms with Gasteiger partial charge in [0, 0.05) is 48.2 Å². The Morgan fingerprint density at radius 3 is 2.55 bits per heavy atom. The van der Waals surface area contributed by atoms with Gasteiger partial charge in [0.25, 0.3) is 5.56 Å². The van der Waals surface area contributed by atoms with Crippen molar-refractivity contribution in [2.24, 2.45) is 0 Å². The highest BCUT2D eigenvalue weighted by atomic mass is 19.4. The summed E-state index contributed by atoms with van der Waals surface area (Å²) in [7, 11) is 0. The standard InChI is InChI=1S/C21H20F3N5O2/c1-12-13(2)27-19(28-20(12)30)14-3-5-17(25-9-14)29-8-7-16(11-29)31-18-6-4-15(10-26-18)21(22,23)24/h3-6,9-10,16H,7-8,11H2,1-2H3,(H,27,28,30). The molecule has 10 heteroatoms. The molecule has 1 atom stereocenters. The molecule has 0 aliphatic carbocycles. The zero-order valence-electron chi connectivity index (χ0n) is 16.9. The molecule has 1 aliphatic rings. The number of aryl methyl sites for hydroxylation is 1. The molecule has 4 heterocycles. The second-order valence-corrected chi connectivity index (χ2v) is 7.39. The first-order valence-electron chi connectivity index (χ1n) is 9.69. The van der Waals surface area contributed by atoms with Gasteiger partial charge in [0.2, 0.25) is 5.88 Å². The predicted molar refractivity (Wildman–Crippen MR) is 108 cm³/mol. The molecule has 0 aromatic carbocycles. The van der Waals surface area contributed by atoms with Crippen molar-refractivity contribution in [1.82, 2.24) is 19.9 Å². The van der Waals surface area contributed by atoms with Crippen LogP contribution in [0.3, 0.4) is 0 Å². The van der Waals surface area contributed by atoms with Crippen molar-refractivity contribution >= 4 is 5.82 Å². The Morgan fingerprint density at radius 1 is 1.13 bits per heavy atom. The van der Waals surface area contributed by atoms with Gasteiger partial charge in [-0.2, -0.15) is 13.2 Å². The maximum absolute atomic E-state index is 12.6. The molecule has 1 unspecified atom stereocenters. The van der Waals surface area contributed by atoms with E-state index in [-0.39, 0.29) is 17.5 Å². The number of aromatic nitrogens is 4. The first kappa shape index (κ1) is 20.8. The number of nitrogens with zero attached hydrogens (tertiary/aromatic N) is 4. The van der Waals surface area contributed by atoms with Crippen molar-refractivity contribution in [3.05, 3.63) is 63.8 Å². The first-order chi connectivity index (χ1) is 14.7. The van der Waals surface area contributed by atoms with Crippen LogP contribution in [0.15, 0.2) is 41.5 Å². The molecule has 0 amide bonds. The Hall–Kier alpha value is -3.43. The largest absolute Gasteiger partial charge is 0.472 e. The molecule has 0 spiro atoms. The van der Waals surface area contributed by atoms with Crippen molar-refractivity contribution in [2.45, 2.75) is 32.5 Å². The van der Waals surface area contributed by atoms with E-state index in [1.165, 1.54) is 6.07 Å². The number of alkyl halides is 3. The summed E-state index contributed by atoms with van der Waals surface area (Å²) in [5.41, 5.74) is 0.961. The van der Waals surface area contributed by atoms with Crippen LogP contribution in [0.1, 0.15) is 23.2 Å². The molecule has 0 saturated carbocycles. The van der Waals surface area contributed by atoms with Gasteiger partial charge in [-0.15, -0.1) is 0 Å². The predicted octanol–water partition coefficient (Wildman–Crippen LogP) is 3.52. The summed E-state index contributed by atoms with van der Waals surface area (Å²) in [5.74, 6) is 1.36. The van der Waals surface area contributed by atoms with E-state index in [2.05, 4.69) is 19.9 Å². The Bertz CT molecular complexity index is 1130. The van der Waals surface area contributed by atoms with Gasteiger partial charge in [-0.1, -0.05) is 0 Å². The van der Waals surface area contributed by atoms with E-state index < -0.39 is 11.7 Å². The first-order valence-corrected chi connectivity index (χ1v) is 9.69. The van der Waals surface area contributed by atoms with E-state index in [1.54, 1.807) is 20.0 Å². The molecule has 31 heavy (non-hydrogen) atoms. The molecule has 1 saturated heterocycles. The van der Waals surface area contributed by atoms with Crippen molar-refractivity contribution in [3.8, 4) is 17.3 Å². The molecular weight excluding hydrogens is 411 g/mol. The van der Waals surface area contributed by atoms with Gasteiger partial charge in [-0.25, -0.2) is 15.0 Å². The summed E-state index contributed by atoms with van der Waals surface area (Å²) in [6, 6.07) is 5.86. The summed E-state index contributed by atoms with van der Waals surface area (Å²) in [6.45, 7) is 4.73. The third-order valence-electron chi connectivity index (χ3n) is 5.24. The smallest absolute Gasteiger partial charge is 0.417 e. The Labute approximate surface area is 176 Å². The van der Waals surface area contributed by atoms with E-state index >= 15 is 0 Å². The lowest BCUT2D eigenvalue weighted by Crippen LogP contribution is -2.25. The van der Waals surface area contributed by atoms with Crippen molar-refractivity contribution in [2.75, 3.05) is 18.0 Å². The van der Waals surface area contributed by atoms with Crippen molar-refractivity contribution in [3.63, 3.8) is 0 Å². The number of hydrogen-bond acceptors (Lipinski definition) is 6. The van der Waals surface area contributed by atoms with Crippen LogP contribution in [0.25, 0.3) is 11.4 Å². The highest BCUT2D eigenvalue weighted by Crippen LogP contribution is 2.30. The third-order valence-corrected chi connectivity index (χ3v) is 5.24. The molecule has 7 nitrogen and oxygen atoms in total. The van der Waals surface area contributed by atoms with Gasteiger partial charge in [-0.05, 0) is 32.0 Å². The lowest BCUT2D eigenvalue weighted by Gasteiger charge is -2.18. The molecule has 1 aliphatic heterocycles. The van der Waals surface area contributed by atoms with Crippen molar-refractivity contribution < 1.29 is 17.9 Å². The minimum atomic E-state index is -4.42. The normalized spacial score (nSPS) is 16.5. The van der Waals surface area contributed by atoms with Crippen LogP contribution in [-0.4, -0.2) is 39.1 Å². The van der Waals surface area contributed by atoms with E-state index in [4.69, 9.17) is 4.74 Å². The van der Waals surface area contributed by atoms with Gasteiger partial charge in [0.05, 0.1) is 12.1 Å². The number of ether oxygens (including phenoxy) is 1. The van der Waals surface area contributed by atoms with Crippen LogP contribution in [0, 0.1) is 13.8 Å². The van der Waals surface area contributed by atoms with Gasteiger partial charge in [0.1, 0.15) is 17.7 Å². The van der Waals surface area contributed by atoms with Gasteiger partial charge in [-0.3, -0.25) is 4.79 Å². The topological polar surface area (TPSA) is 84.0 Å². The van der Waals surface area contributed by atoms with E-state index in [9.17, 15) is 18.0 Å². The molecule has 3 aromatic heterocycles. The average molecular weight is 431 g/mol. The summed E-state index contributed by atoms with van der Waals surface area (Å²) in [4.78, 5) is 29.4. The van der Waals surface area contributed by atoms with Crippen LogP contribution in [0.4, 0.5) is 19.0 Å². The maximum Gasteiger partial charge on any atom is 0.417 e. The summed E-state index contributed by atoms with van der Waals surface area (Å²) in [6.07, 6.45) is -1.52. The molecule has 4 rings (SSSR count). The van der Waals surface area contributed by atoms with Gasteiger partial charge < -0.3 is 14.6 Å². The number of nitrogens with one attached hydrogen (secondary N) is 1. The second-order valence-electron chi connectivity index (χ2n) is 7.39. The molecular formula is C21H20F3N5O2. The summed E-state index contributed by atoms with van der Waals surface area (Å²) in [5, 5.41) is 0. The molecule has 1 N–H and O–H groups in total. The second kappa shape index (κ2) is 8.01. The summed E-state index contributed by atoms with van der Waals surface area (Å²) < 4.78 is 43.7. The van der Waals surface area contributed by atoms with Crippen molar-refractivity contribution in [1.29, 1.82) is 0 Å². The molecule has 0 radical (unpaired) electrons. The van der Waals surface area contributed by atoms with Crippen LogP contribution < -0.4 is 15.2 Å². The fourth-order valence-corrected chi connectivity index (χ4v) is 3.32. The Kier molecular flexibility index (Phi) is 5.38. The minimum absolute atomic E-state index is 0.160. The highest BCUT2D eigenvalue weighted by molar-refractivity contribution is 5.57. The number of hydrogen-bond donors (Lipinski definition) is 1. The zero-order valence-corrected chi connectivity index (χ0v) is 16.9. The number of anilines is 1. The van der Waals surface area contributed by atoms with Gasteiger partial charge >= 0.3 is 6.18 Å². The number of aromatic amines is 1. The number of rotatable bonds is 4. The molecule has 0 bridgehead atoms. The SMILES string of the molecule is Cc1nc(-c2ccc(N3CCC(Oc4ccc(C(F)(F)F)cn4)C3)nc2)[nH]c(=O)c1C.